The van der Waals surface area contributed by atoms with Gasteiger partial charge in [0.15, 0.2) is 11.6 Å². The van der Waals surface area contributed by atoms with E-state index in [0.717, 1.165) is 25.5 Å². The van der Waals surface area contributed by atoms with Crippen LogP contribution in [-0.4, -0.2) is 27.6 Å². The van der Waals surface area contributed by atoms with Gasteiger partial charge in [0.05, 0.1) is 4.90 Å². The third-order valence-corrected chi connectivity index (χ3v) is 3.75. The highest BCUT2D eigenvalue weighted by molar-refractivity contribution is 7.89. The standard InChI is InChI=1S/C11H15FN2O3S/c12-10-6-9(18(13,15)16)3-4-11(10)17-7-8-2-1-5-14-8/h3-4,6,8,14H,1-2,5,7H2,(H2,13,15,16)/t8-/m1/s1. The van der Waals surface area contributed by atoms with Crippen LogP contribution in [0.2, 0.25) is 0 Å². The first-order valence-electron chi connectivity index (χ1n) is 5.65. The molecule has 7 heteroatoms. The molecule has 0 radical (unpaired) electrons. The molecule has 0 aliphatic carbocycles. The molecular formula is C11H15FN2O3S. The van der Waals surface area contributed by atoms with E-state index in [1.165, 1.54) is 12.1 Å². The maximum absolute atomic E-state index is 13.6. The van der Waals surface area contributed by atoms with Crippen molar-refractivity contribution in [1.29, 1.82) is 0 Å². The fourth-order valence-corrected chi connectivity index (χ4v) is 2.39. The second-order valence-corrected chi connectivity index (χ2v) is 5.80. The van der Waals surface area contributed by atoms with Gasteiger partial charge in [-0.05, 0) is 37.6 Å². The van der Waals surface area contributed by atoms with Gasteiger partial charge in [0.1, 0.15) is 6.61 Å². The van der Waals surface area contributed by atoms with Gasteiger partial charge in [0.2, 0.25) is 10.0 Å². The molecule has 0 bridgehead atoms. The Morgan fingerprint density at radius 2 is 2.28 bits per heavy atom. The van der Waals surface area contributed by atoms with Gasteiger partial charge < -0.3 is 10.1 Å². The van der Waals surface area contributed by atoms with Crippen molar-refractivity contribution in [3.8, 4) is 5.75 Å². The molecule has 0 amide bonds. The zero-order chi connectivity index (χ0) is 13.2. The summed E-state index contributed by atoms with van der Waals surface area (Å²) in [5, 5.41) is 8.12. The van der Waals surface area contributed by atoms with Crippen LogP contribution in [0.15, 0.2) is 23.1 Å². The van der Waals surface area contributed by atoms with E-state index in [0.29, 0.717) is 6.61 Å². The van der Waals surface area contributed by atoms with Gasteiger partial charge in [-0.2, -0.15) is 0 Å². The number of rotatable bonds is 4. The van der Waals surface area contributed by atoms with Crippen LogP contribution in [-0.2, 0) is 10.0 Å². The number of halogens is 1. The fourth-order valence-electron chi connectivity index (χ4n) is 1.86. The summed E-state index contributed by atoms with van der Waals surface area (Å²) in [6.07, 6.45) is 2.08. The van der Waals surface area contributed by atoms with Crippen molar-refractivity contribution in [1.82, 2.24) is 5.32 Å². The molecule has 1 aromatic rings. The van der Waals surface area contributed by atoms with E-state index in [9.17, 15) is 12.8 Å². The number of primary sulfonamides is 1. The molecule has 0 saturated carbocycles. The molecule has 0 spiro atoms. The van der Waals surface area contributed by atoms with E-state index in [2.05, 4.69) is 5.32 Å². The van der Waals surface area contributed by atoms with Gasteiger partial charge in [0, 0.05) is 6.04 Å². The van der Waals surface area contributed by atoms with Crippen LogP contribution < -0.4 is 15.2 Å². The normalized spacial score (nSPS) is 20.0. The summed E-state index contributed by atoms with van der Waals surface area (Å²) in [6.45, 7) is 1.31. The van der Waals surface area contributed by atoms with E-state index in [-0.39, 0.29) is 16.7 Å². The molecular weight excluding hydrogens is 259 g/mol. The summed E-state index contributed by atoms with van der Waals surface area (Å²) in [5.41, 5.74) is 0. The quantitative estimate of drug-likeness (QED) is 0.842. The molecule has 5 nitrogen and oxygen atoms in total. The molecule has 1 fully saturated rings. The molecule has 0 unspecified atom stereocenters. The predicted octanol–water partition coefficient (Wildman–Crippen LogP) is 0.604. The summed E-state index contributed by atoms with van der Waals surface area (Å²) in [4.78, 5) is -0.258. The Morgan fingerprint density at radius 1 is 1.50 bits per heavy atom. The van der Waals surface area contributed by atoms with Gasteiger partial charge in [-0.25, -0.2) is 17.9 Å². The summed E-state index contributed by atoms with van der Waals surface area (Å²) in [6, 6.07) is 3.61. The number of ether oxygens (including phenoxy) is 1. The van der Waals surface area contributed by atoms with Gasteiger partial charge in [-0.3, -0.25) is 0 Å². The zero-order valence-corrected chi connectivity index (χ0v) is 10.5. The third kappa shape index (κ3) is 3.18. The van der Waals surface area contributed by atoms with Crippen LogP contribution >= 0.6 is 0 Å². The molecule has 1 aliphatic rings. The maximum atomic E-state index is 13.6. The Balaban J connectivity index is 2.05. The van der Waals surface area contributed by atoms with E-state index in [1.54, 1.807) is 0 Å². The lowest BCUT2D eigenvalue weighted by Crippen LogP contribution is -2.28. The smallest absolute Gasteiger partial charge is 0.238 e. The largest absolute Gasteiger partial charge is 0.489 e. The van der Waals surface area contributed by atoms with Crippen molar-refractivity contribution in [3.05, 3.63) is 24.0 Å². The molecule has 0 aromatic heterocycles. The minimum atomic E-state index is -3.88. The van der Waals surface area contributed by atoms with Crippen molar-refractivity contribution < 1.29 is 17.5 Å². The van der Waals surface area contributed by atoms with Gasteiger partial charge in [-0.15, -0.1) is 0 Å². The molecule has 18 heavy (non-hydrogen) atoms. The van der Waals surface area contributed by atoms with E-state index in [4.69, 9.17) is 9.88 Å². The minimum Gasteiger partial charge on any atom is -0.489 e. The summed E-state index contributed by atoms with van der Waals surface area (Å²) >= 11 is 0. The predicted molar refractivity (Wildman–Crippen MR) is 64.3 cm³/mol. The second kappa shape index (κ2) is 5.21. The number of nitrogens with one attached hydrogen (secondary N) is 1. The third-order valence-electron chi connectivity index (χ3n) is 2.83. The number of benzene rings is 1. The fraction of sp³-hybridized carbons (Fsp3) is 0.455. The van der Waals surface area contributed by atoms with Gasteiger partial charge >= 0.3 is 0 Å². The first-order chi connectivity index (χ1) is 8.47. The van der Waals surface area contributed by atoms with Crippen molar-refractivity contribution in [3.63, 3.8) is 0 Å². The van der Waals surface area contributed by atoms with Crippen LogP contribution in [0.3, 0.4) is 0 Å². The highest BCUT2D eigenvalue weighted by Gasteiger charge is 2.16. The van der Waals surface area contributed by atoms with Crippen LogP contribution in [0.25, 0.3) is 0 Å². The monoisotopic (exact) mass is 274 g/mol. The number of sulfonamides is 1. The topological polar surface area (TPSA) is 81.4 Å². The maximum Gasteiger partial charge on any atom is 0.238 e. The lowest BCUT2D eigenvalue weighted by Gasteiger charge is -2.12. The lowest BCUT2D eigenvalue weighted by atomic mass is 10.2. The molecule has 100 valence electrons. The second-order valence-electron chi connectivity index (χ2n) is 4.24. The Hall–Kier alpha value is -1.18. The Bertz CT molecular complexity index is 527. The van der Waals surface area contributed by atoms with Crippen LogP contribution in [0.1, 0.15) is 12.8 Å². The zero-order valence-electron chi connectivity index (χ0n) is 9.73. The van der Waals surface area contributed by atoms with E-state index in [1.807, 2.05) is 0 Å². The summed E-state index contributed by atoms with van der Waals surface area (Å²) in [7, 11) is -3.88. The van der Waals surface area contributed by atoms with Crippen molar-refractivity contribution in [2.45, 2.75) is 23.8 Å². The average Bonchev–Trinajstić information content (AvgIpc) is 2.79. The molecule has 1 aliphatic heterocycles. The first kappa shape index (κ1) is 13.3. The molecule has 1 aromatic carbocycles. The van der Waals surface area contributed by atoms with Crippen molar-refractivity contribution in [2.24, 2.45) is 5.14 Å². The average molecular weight is 274 g/mol. The molecule has 1 saturated heterocycles. The Labute approximate surface area is 105 Å². The van der Waals surface area contributed by atoms with E-state index < -0.39 is 15.8 Å². The summed E-state index contributed by atoms with van der Waals surface area (Å²) < 4.78 is 41.0. The van der Waals surface area contributed by atoms with Crippen LogP contribution in [0.4, 0.5) is 4.39 Å². The van der Waals surface area contributed by atoms with Crippen molar-refractivity contribution >= 4 is 10.0 Å². The first-order valence-corrected chi connectivity index (χ1v) is 7.20. The highest BCUT2D eigenvalue weighted by atomic mass is 32.2. The molecule has 1 heterocycles. The number of hydrogen-bond donors (Lipinski definition) is 2. The highest BCUT2D eigenvalue weighted by Crippen LogP contribution is 2.21. The van der Waals surface area contributed by atoms with Crippen LogP contribution in [0.5, 0.6) is 5.75 Å². The van der Waals surface area contributed by atoms with E-state index >= 15 is 0 Å². The lowest BCUT2D eigenvalue weighted by molar-refractivity contribution is 0.265. The molecule has 3 N–H and O–H groups in total. The van der Waals surface area contributed by atoms with Gasteiger partial charge in [-0.1, -0.05) is 0 Å². The van der Waals surface area contributed by atoms with Crippen LogP contribution in [0, 0.1) is 5.82 Å². The number of nitrogens with two attached hydrogens (primary N) is 1. The number of hydrogen-bond acceptors (Lipinski definition) is 4. The summed E-state index contributed by atoms with van der Waals surface area (Å²) in [5.74, 6) is -0.685. The Kier molecular flexibility index (Phi) is 3.84. The minimum absolute atomic E-state index is 0.0381. The Morgan fingerprint density at radius 3 is 2.83 bits per heavy atom. The molecule has 2 rings (SSSR count). The van der Waals surface area contributed by atoms with Crippen molar-refractivity contribution in [2.75, 3.05) is 13.2 Å². The molecule has 1 atom stereocenters. The van der Waals surface area contributed by atoms with Gasteiger partial charge in [0.25, 0.3) is 0 Å². The SMILES string of the molecule is NS(=O)(=O)c1ccc(OC[C@H]2CCCN2)c(F)c1.